The summed E-state index contributed by atoms with van der Waals surface area (Å²) in [6, 6.07) is 14.3. The van der Waals surface area contributed by atoms with E-state index in [-0.39, 0.29) is 11.5 Å². The first-order chi connectivity index (χ1) is 12.3. The second kappa shape index (κ2) is 7.02. The molecule has 0 heterocycles. The number of hydrogen-bond donors (Lipinski definition) is 2. The molecule has 4 heteroatoms. The van der Waals surface area contributed by atoms with E-state index >= 15 is 0 Å². The van der Waals surface area contributed by atoms with Crippen molar-refractivity contribution in [2.24, 2.45) is 11.3 Å². The van der Waals surface area contributed by atoms with Gasteiger partial charge >= 0.3 is 6.09 Å². The lowest BCUT2D eigenvalue weighted by atomic mass is 9.85. The fourth-order valence-electron chi connectivity index (χ4n) is 3.64. The molecule has 26 heavy (non-hydrogen) atoms. The molecule has 3 rings (SSSR count). The fourth-order valence-corrected chi connectivity index (χ4v) is 3.64. The molecule has 1 aliphatic rings. The zero-order valence-corrected chi connectivity index (χ0v) is 15.9. The highest BCUT2D eigenvalue weighted by atomic mass is 16.5. The third kappa shape index (κ3) is 3.85. The fraction of sp³-hybridized carbons (Fsp3) is 0.409. The summed E-state index contributed by atoms with van der Waals surface area (Å²) in [7, 11) is 0. The van der Waals surface area contributed by atoms with Crippen molar-refractivity contribution >= 4 is 6.09 Å². The molecule has 1 amide bonds. The van der Waals surface area contributed by atoms with Gasteiger partial charge in [0.1, 0.15) is 5.75 Å². The second-order valence-electron chi connectivity index (χ2n) is 8.19. The summed E-state index contributed by atoms with van der Waals surface area (Å²) in [5.41, 5.74) is 4.45. The van der Waals surface area contributed by atoms with Crippen LogP contribution in [0.3, 0.4) is 0 Å². The molecule has 0 aromatic heterocycles. The van der Waals surface area contributed by atoms with E-state index in [0.29, 0.717) is 12.5 Å². The van der Waals surface area contributed by atoms with Gasteiger partial charge in [0.05, 0.1) is 12.6 Å². The molecule has 0 spiro atoms. The average Bonchev–Trinajstić information content (AvgIpc) is 2.82. The number of amides is 1. The molecule has 0 bridgehead atoms. The van der Waals surface area contributed by atoms with E-state index in [1.165, 1.54) is 5.56 Å². The molecular formula is C22H27NO3. The van der Waals surface area contributed by atoms with Crippen LogP contribution in [0.1, 0.15) is 44.9 Å². The van der Waals surface area contributed by atoms with Crippen molar-refractivity contribution in [1.29, 1.82) is 0 Å². The highest BCUT2D eigenvalue weighted by molar-refractivity contribution is 5.68. The number of hydrogen-bond acceptors (Lipinski definition) is 2. The lowest BCUT2D eigenvalue weighted by molar-refractivity contribution is 0.175. The van der Waals surface area contributed by atoms with Crippen LogP contribution in [0.5, 0.6) is 5.75 Å². The molecule has 0 radical (unpaired) electrons. The summed E-state index contributed by atoms with van der Waals surface area (Å²) in [6.45, 7) is 9.19. The summed E-state index contributed by atoms with van der Waals surface area (Å²) in [6.07, 6.45) is -0.117. The van der Waals surface area contributed by atoms with Crippen LogP contribution in [0.4, 0.5) is 4.79 Å². The first-order valence-electron chi connectivity index (χ1n) is 9.12. The monoisotopic (exact) mass is 353 g/mol. The Labute approximate surface area is 155 Å². The van der Waals surface area contributed by atoms with Crippen molar-refractivity contribution in [2.45, 2.75) is 40.2 Å². The highest BCUT2D eigenvalue weighted by Gasteiger charge is 2.39. The molecular weight excluding hydrogens is 326 g/mol. The second-order valence-corrected chi connectivity index (χ2v) is 8.19. The van der Waals surface area contributed by atoms with Gasteiger partial charge in [0.15, 0.2) is 0 Å². The molecule has 0 fully saturated rings. The van der Waals surface area contributed by atoms with Crippen LogP contribution in [0.25, 0.3) is 11.1 Å². The van der Waals surface area contributed by atoms with Crippen LogP contribution < -0.4 is 10.1 Å². The zero-order valence-electron chi connectivity index (χ0n) is 15.9. The van der Waals surface area contributed by atoms with Gasteiger partial charge in [-0.2, -0.15) is 0 Å². The van der Waals surface area contributed by atoms with Gasteiger partial charge in [0.2, 0.25) is 0 Å². The van der Waals surface area contributed by atoms with Gasteiger partial charge in [-0.05, 0) is 52.1 Å². The highest BCUT2D eigenvalue weighted by Crippen LogP contribution is 2.46. The maximum Gasteiger partial charge on any atom is 0.405 e. The molecule has 0 aliphatic heterocycles. The minimum absolute atomic E-state index is 0.131. The van der Waals surface area contributed by atoms with E-state index < -0.39 is 6.09 Å². The summed E-state index contributed by atoms with van der Waals surface area (Å²) < 4.78 is 5.75. The van der Waals surface area contributed by atoms with Gasteiger partial charge in [-0.1, -0.05) is 58.0 Å². The summed E-state index contributed by atoms with van der Waals surface area (Å²) in [4.78, 5) is 11.1. The Morgan fingerprint density at radius 2 is 1.85 bits per heavy atom. The number of carboxylic acid groups (broad SMARTS) is 1. The minimum atomic E-state index is -0.975. The number of ether oxygens (including phenoxy) is 1. The Morgan fingerprint density at radius 1 is 1.19 bits per heavy atom. The van der Waals surface area contributed by atoms with Gasteiger partial charge in [0.25, 0.3) is 0 Å². The van der Waals surface area contributed by atoms with Crippen LogP contribution in [0.2, 0.25) is 0 Å². The molecule has 138 valence electrons. The van der Waals surface area contributed by atoms with E-state index in [9.17, 15) is 4.79 Å². The molecule has 2 aromatic rings. The summed E-state index contributed by atoms with van der Waals surface area (Å²) in [5, 5.41) is 11.8. The predicted octanol–water partition coefficient (Wildman–Crippen LogP) is 5.28. The normalized spacial score (nSPS) is 17.8. The van der Waals surface area contributed by atoms with Crippen LogP contribution in [0, 0.1) is 11.3 Å². The Kier molecular flexibility index (Phi) is 4.94. The summed E-state index contributed by atoms with van der Waals surface area (Å²) in [5.74, 6) is 1.39. The summed E-state index contributed by atoms with van der Waals surface area (Å²) >= 11 is 0. The van der Waals surface area contributed by atoms with Crippen LogP contribution in [-0.4, -0.2) is 17.8 Å². The van der Waals surface area contributed by atoms with Crippen LogP contribution >= 0.6 is 0 Å². The van der Waals surface area contributed by atoms with E-state index in [1.807, 2.05) is 12.1 Å². The Bertz CT molecular complexity index is 794. The molecule has 1 unspecified atom stereocenters. The third-order valence-corrected chi connectivity index (χ3v) is 4.92. The quantitative estimate of drug-likeness (QED) is 0.769. The van der Waals surface area contributed by atoms with E-state index in [1.54, 1.807) is 0 Å². The first-order valence-corrected chi connectivity index (χ1v) is 9.12. The van der Waals surface area contributed by atoms with Crippen molar-refractivity contribution in [1.82, 2.24) is 5.32 Å². The predicted molar refractivity (Wildman–Crippen MR) is 104 cm³/mol. The Morgan fingerprint density at radius 3 is 2.46 bits per heavy atom. The van der Waals surface area contributed by atoms with E-state index in [2.05, 4.69) is 63.3 Å². The maximum absolute atomic E-state index is 11.1. The van der Waals surface area contributed by atoms with Crippen LogP contribution in [0.15, 0.2) is 42.5 Å². The van der Waals surface area contributed by atoms with Crippen molar-refractivity contribution in [3.8, 4) is 16.9 Å². The van der Waals surface area contributed by atoms with E-state index in [4.69, 9.17) is 9.84 Å². The number of carbonyl (C=O) groups is 1. The Balaban J connectivity index is 1.83. The van der Waals surface area contributed by atoms with Crippen molar-refractivity contribution in [3.63, 3.8) is 0 Å². The number of benzene rings is 2. The SMILES string of the molecule is CC(C)COc1ccc(-c2ccc3c(c2)CC(C)(C)C3NC(=O)O)cc1. The first kappa shape index (κ1) is 18.3. The molecule has 0 saturated carbocycles. The van der Waals surface area contributed by atoms with Gasteiger partial charge in [-0.3, -0.25) is 0 Å². The van der Waals surface area contributed by atoms with Gasteiger partial charge in [-0.25, -0.2) is 4.79 Å². The third-order valence-electron chi connectivity index (χ3n) is 4.92. The van der Waals surface area contributed by atoms with Gasteiger partial charge in [0, 0.05) is 0 Å². The number of rotatable bonds is 5. The van der Waals surface area contributed by atoms with Crippen molar-refractivity contribution in [3.05, 3.63) is 53.6 Å². The van der Waals surface area contributed by atoms with Gasteiger partial charge < -0.3 is 15.2 Å². The van der Waals surface area contributed by atoms with Crippen LogP contribution in [-0.2, 0) is 6.42 Å². The molecule has 2 aromatic carbocycles. The number of nitrogens with one attached hydrogen (secondary N) is 1. The molecule has 1 atom stereocenters. The molecule has 1 aliphatic carbocycles. The molecule has 2 N–H and O–H groups in total. The van der Waals surface area contributed by atoms with E-state index in [0.717, 1.165) is 28.9 Å². The number of fused-ring (bicyclic) bond motifs is 1. The largest absolute Gasteiger partial charge is 0.493 e. The smallest absolute Gasteiger partial charge is 0.405 e. The lowest BCUT2D eigenvalue weighted by Crippen LogP contribution is -2.34. The maximum atomic E-state index is 11.1. The minimum Gasteiger partial charge on any atom is -0.493 e. The molecule has 0 saturated heterocycles. The zero-order chi connectivity index (χ0) is 18.9. The van der Waals surface area contributed by atoms with Gasteiger partial charge in [-0.15, -0.1) is 0 Å². The molecule has 4 nitrogen and oxygen atoms in total. The average molecular weight is 353 g/mol. The van der Waals surface area contributed by atoms with Crippen molar-refractivity contribution < 1.29 is 14.6 Å². The topological polar surface area (TPSA) is 58.6 Å². The Hall–Kier alpha value is -2.49. The lowest BCUT2D eigenvalue weighted by Gasteiger charge is -2.27. The van der Waals surface area contributed by atoms with Crippen molar-refractivity contribution in [2.75, 3.05) is 6.61 Å². The standard InChI is InChI=1S/C22H27NO3/c1-14(2)13-26-18-8-5-15(6-9-18)16-7-10-19-17(11-16)12-22(3,4)20(19)23-21(24)25/h5-11,14,20,23H,12-13H2,1-4H3,(H,24,25).